The summed E-state index contributed by atoms with van der Waals surface area (Å²) in [5.41, 5.74) is 0.196. The van der Waals surface area contributed by atoms with Gasteiger partial charge in [-0.25, -0.2) is 17.4 Å². The first kappa shape index (κ1) is 19.4. The van der Waals surface area contributed by atoms with Crippen LogP contribution in [0.1, 0.15) is 36.7 Å². The lowest BCUT2D eigenvalue weighted by Crippen LogP contribution is -2.23. The monoisotopic (exact) mass is 384 g/mol. The Bertz CT molecular complexity index is 877. The Hall–Kier alpha value is -1.90. The van der Waals surface area contributed by atoms with Crippen molar-refractivity contribution in [3.05, 3.63) is 41.0 Å². The van der Waals surface area contributed by atoms with Gasteiger partial charge in [0.2, 0.25) is 10.0 Å². The SMILES string of the molecule is CCC(C)n1nccc1NC(=O)c1ccc(Cl)c(S(=O)(=O)N(C)C)c1. The lowest BCUT2D eigenvalue weighted by molar-refractivity contribution is 0.102. The minimum absolute atomic E-state index is 0.0647. The van der Waals surface area contributed by atoms with E-state index in [4.69, 9.17) is 11.6 Å². The van der Waals surface area contributed by atoms with Gasteiger partial charge < -0.3 is 5.32 Å². The number of rotatable bonds is 6. The van der Waals surface area contributed by atoms with E-state index >= 15 is 0 Å². The summed E-state index contributed by atoms with van der Waals surface area (Å²) in [4.78, 5) is 12.4. The zero-order valence-corrected chi connectivity index (χ0v) is 16.1. The summed E-state index contributed by atoms with van der Waals surface area (Å²) >= 11 is 6.01. The summed E-state index contributed by atoms with van der Waals surface area (Å²) in [6, 6.07) is 5.98. The molecule has 1 atom stereocenters. The van der Waals surface area contributed by atoms with Crippen molar-refractivity contribution in [2.24, 2.45) is 0 Å². The number of nitrogens with zero attached hydrogens (tertiary/aromatic N) is 3. The fraction of sp³-hybridized carbons (Fsp3) is 0.375. The molecule has 0 fully saturated rings. The first-order chi connectivity index (χ1) is 11.7. The summed E-state index contributed by atoms with van der Waals surface area (Å²) < 4.78 is 27.4. The van der Waals surface area contributed by atoms with Crippen LogP contribution in [0.25, 0.3) is 0 Å². The fourth-order valence-corrected chi connectivity index (χ4v) is 3.56. The number of sulfonamides is 1. The van der Waals surface area contributed by atoms with Crippen LogP contribution in [0.3, 0.4) is 0 Å². The van der Waals surface area contributed by atoms with E-state index in [1.54, 1.807) is 16.9 Å². The molecule has 2 aromatic rings. The van der Waals surface area contributed by atoms with Crippen molar-refractivity contribution < 1.29 is 13.2 Å². The third-order valence-electron chi connectivity index (χ3n) is 3.87. The van der Waals surface area contributed by atoms with Gasteiger partial charge in [-0.1, -0.05) is 18.5 Å². The summed E-state index contributed by atoms with van der Waals surface area (Å²) in [5.74, 6) is 0.114. The van der Waals surface area contributed by atoms with Gasteiger partial charge in [0.05, 0.1) is 17.3 Å². The molecule has 2 rings (SSSR count). The second-order valence-electron chi connectivity index (χ2n) is 5.81. The molecule has 0 aliphatic carbocycles. The van der Waals surface area contributed by atoms with E-state index in [-0.39, 0.29) is 21.5 Å². The molecule has 1 N–H and O–H groups in total. The number of benzene rings is 1. The molecule has 0 bridgehead atoms. The maximum atomic E-state index is 12.5. The Morgan fingerprint density at radius 3 is 2.64 bits per heavy atom. The standard InChI is InChI=1S/C16H21ClN4O3S/c1-5-11(2)21-15(8-9-18-21)19-16(22)12-6-7-13(17)14(10-12)25(23,24)20(3)4/h6-11H,5H2,1-4H3,(H,19,22). The second kappa shape index (κ2) is 7.55. The summed E-state index contributed by atoms with van der Waals surface area (Å²) in [5, 5.41) is 7.03. The van der Waals surface area contributed by atoms with E-state index < -0.39 is 15.9 Å². The Kier molecular flexibility index (Phi) is 5.87. The second-order valence-corrected chi connectivity index (χ2v) is 8.33. The Balaban J connectivity index is 2.34. The molecule has 1 unspecified atom stereocenters. The molecular weight excluding hydrogens is 364 g/mol. The van der Waals surface area contributed by atoms with Crippen LogP contribution < -0.4 is 5.32 Å². The van der Waals surface area contributed by atoms with Gasteiger partial charge in [-0.3, -0.25) is 4.79 Å². The van der Waals surface area contributed by atoms with E-state index in [0.717, 1.165) is 10.7 Å². The molecule has 1 aromatic heterocycles. The smallest absolute Gasteiger partial charge is 0.256 e. The molecular formula is C16H21ClN4O3S. The Labute approximate surface area is 152 Å². The predicted octanol–water partition coefficient (Wildman–Crippen LogP) is 3.01. The molecule has 0 saturated heterocycles. The van der Waals surface area contributed by atoms with Gasteiger partial charge in [0.15, 0.2) is 0 Å². The molecule has 1 amide bonds. The Morgan fingerprint density at radius 1 is 1.36 bits per heavy atom. The lowest BCUT2D eigenvalue weighted by Gasteiger charge is -2.15. The summed E-state index contributed by atoms with van der Waals surface area (Å²) in [6.07, 6.45) is 2.46. The minimum Gasteiger partial charge on any atom is -0.307 e. The molecule has 9 heteroatoms. The number of carbonyl (C=O) groups is 1. The van der Waals surface area contributed by atoms with E-state index in [1.807, 2.05) is 13.8 Å². The highest BCUT2D eigenvalue weighted by Gasteiger charge is 2.23. The van der Waals surface area contributed by atoms with Crippen LogP contribution in [0, 0.1) is 0 Å². The van der Waals surface area contributed by atoms with Crippen molar-refractivity contribution in [3.63, 3.8) is 0 Å². The number of nitrogens with one attached hydrogen (secondary N) is 1. The first-order valence-corrected chi connectivity index (χ1v) is 9.57. The summed E-state index contributed by atoms with van der Waals surface area (Å²) in [6.45, 7) is 4.02. The van der Waals surface area contributed by atoms with Crippen LogP contribution in [0.5, 0.6) is 0 Å². The highest BCUT2D eigenvalue weighted by atomic mass is 35.5. The van der Waals surface area contributed by atoms with Crippen molar-refractivity contribution in [1.82, 2.24) is 14.1 Å². The van der Waals surface area contributed by atoms with Crippen LogP contribution in [0.15, 0.2) is 35.4 Å². The van der Waals surface area contributed by atoms with Crippen LogP contribution in [-0.4, -0.2) is 42.5 Å². The number of carbonyl (C=O) groups excluding carboxylic acids is 1. The van der Waals surface area contributed by atoms with Gasteiger partial charge >= 0.3 is 0 Å². The number of hydrogen-bond acceptors (Lipinski definition) is 4. The molecule has 1 aromatic carbocycles. The van der Waals surface area contributed by atoms with Crippen LogP contribution in [0.2, 0.25) is 5.02 Å². The zero-order valence-electron chi connectivity index (χ0n) is 14.5. The van der Waals surface area contributed by atoms with Gasteiger partial charge in [-0.2, -0.15) is 5.10 Å². The van der Waals surface area contributed by atoms with Crippen LogP contribution >= 0.6 is 11.6 Å². The van der Waals surface area contributed by atoms with Gasteiger partial charge in [-0.15, -0.1) is 0 Å². The number of halogens is 1. The number of hydrogen-bond donors (Lipinski definition) is 1. The third-order valence-corrected chi connectivity index (χ3v) is 6.17. The molecule has 0 spiro atoms. The topological polar surface area (TPSA) is 84.3 Å². The predicted molar refractivity (Wildman–Crippen MR) is 97.5 cm³/mol. The van der Waals surface area contributed by atoms with Crippen molar-refractivity contribution in [3.8, 4) is 0 Å². The first-order valence-electron chi connectivity index (χ1n) is 7.75. The van der Waals surface area contributed by atoms with Crippen molar-refractivity contribution in [2.45, 2.75) is 31.2 Å². The van der Waals surface area contributed by atoms with Gasteiger partial charge in [0.25, 0.3) is 5.91 Å². The molecule has 0 saturated carbocycles. The normalized spacial score (nSPS) is 13.0. The van der Waals surface area contributed by atoms with Gasteiger partial charge in [0, 0.05) is 25.7 Å². The van der Waals surface area contributed by atoms with Crippen molar-refractivity contribution >= 4 is 33.3 Å². The molecule has 0 aliphatic rings. The van der Waals surface area contributed by atoms with Crippen LogP contribution in [0.4, 0.5) is 5.82 Å². The van der Waals surface area contributed by atoms with E-state index in [2.05, 4.69) is 10.4 Å². The van der Waals surface area contributed by atoms with Crippen LogP contribution in [-0.2, 0) is 10.0 Å². The quantitative estimate of drug-likeness (QED) is 0.829. The molecule has 0 aliphatic heterocycles. The maximum Gasteiger partial charge on any atom is 0.256 e. The minimum atomic E-state index is -3.75. The van der Waals surface area contributed by atoms with Crippen molar-refractivity contribution in [1.29, 1.82) is 0 Å². The van der Waals surface area contributed by atoms with Gasteiger partial charge in [-0.05, 0) is 31.5 Å². The Morgan fingerprint density at radius 2 is 2.04 bits per heavy atom. The van der Waals surface area contributed by atoms with E-state index in [9.17, 15) is 13.2 Å². The van der Waals surface area contributed by atoms with Crippen molar-refractivity contribution in [2.75, 3.05) is 19.4 Å². The molecule has 136 valence electrons. The average molecular weight is 385 g/mol. The van der Waals surface area contributed by atoms with Gasteiger partial charge in [0.1, 0.15) is 10.7 Å². The molecule has 7 nitrogen and oxygen atoms in total. The lowest BCUT2D eigenvalue weighted by atomic mass is 10.2. The number of anilines is 1. The molecule has 0 radical (unpaired) electrons. The zero-order chi connectivity index (χ0) is 18.8. The number of aromatic nitrogens is 2. The van der Waals surface area contributed by atoms with E-state index in [0.29, 0.717) is 5.82 Å². The highest BCUT2D eigenvalue weighted by Crippen LogP contribution is 2.25. The average Bonchev–Trinajstić information content (AvgIpc) is 3.02. The summed E-state index contributed by atoms with van der Waals surface area (Å²) in [7, 11) is -0.936. The number of amides is 1. The third kappa shape index (κ3) is 4.02. The molecule has 25 heavy (non-hydrogen) atoms. The maximum absolute atomic E-state index is 12.5. The fourth-order valence-electron chi connectivity index (χ4n) is 2.16. The molecule has 1 heterocycles. The highest BCUT2D eigenvalue weighted by molar-refractivity contribution is 7.89. The van der Waals surface area contributed by atoms with E-state index in [1.165, 1.54) is 32.3 Å². The largest absolute Gasteiger partial charge is 0.307 e.